The molecule has 0 aromatic carbocycles. The second-order valence-corrected chi connectivity index (χ2v) is 6.65. The fraction of sp³-hybridized carbons (Fsp3) is 0.824. The third kappa shape index (κ3) is 3.04. The Morgan fingerprint density at radius 1 is 0.947 bits per heavy atom. The van der Waals surface area contributed by atoms with Crippen LogP contribution in [0.15, 0.2) is 11.8 Å². The maximum atomic E-state index is 2.63. The lowest BCUT2D eigenvalue weighted by atomic mass is 9.93. The molecule has 2 fully saturated rings. The Balaban J connectivity index is 1.71. The van der Waals surface area contributed by atoms with Gasteiger partial charge < -0.3 is 0 Å². The highest BCUT2D eigenvalue weighted by Gasteiger charge is 2.30. The van der Waals surface area contributed by atoms with Crippen LogP contribution in [-0.2, 0) is 0 Å². The Kier molecular flexibility index (Phi) is 4.24. The first-order chi connectivity index (χ1) is 9.34. The quantitative estimate of drug-likeness (QED) is 0.683. The topological polar surface area (TPSA) is 6.25 Å². The molecule has 2 aliphatic carbocycles. The second kappa shape index (κ2) is 6.11. The van der Waals surface area contributed by atoms with Crippen LogP contribution >= 0.6 is 0 Å². The van der Waals surface area contributed by atoms with Crippen LogP contribution in [0.2, 0.25) is 0 Å². The van der Waals surface area contributed by atoms with E-state index >= 15 is 0 Å². The van der Waals surface area contributed by atoms with Crippen molar-refractivity contribution >= 4 is 6.34 Å². The molecule has 0 aromatic rings. The van der Waals surface area contributed by atoms with Crippen LogP contribution < -0.4 is 0 Å². The molecule has 0 amide bonds. The van der Waals surface area contributed by atoms with E-state index in [1.54, 1.807) is 0 Å². The molecular formula is C17H29N2+. The molecule has 1 heterocycles. The van der Waals surface area contributed by atoms with E-state index in [1.807, 2.05) is 0 Å². The van der Waals surface area contributed by atoms with E-state index in [1.165, 1.54) is 69.9 Å². The smallest absolute Gasteiger partial charge is 0.239 e. The van der Waals surface area contributed by atoms with E-state index < -0.39 is 0 Å². The van der Waals surface area contributed by atoms with E-state index in [0.29, 0.717) is 0 Å². The third-order valence-corrected chi connectivity index (χ3v) is 5.29. The van der Waals surface area contributed by atoms with Gasteiger partial charge in [-0.2, -0.15) is 0 Å². The molecule has 0 radical (unpaired) electrons. The van der Waals surface area contributed by atoms with Crippen LogP contribution in [0.5, 0.6) is 0 Å². The second-order valence-electron chi connectivity index (χ2n) is 6.65. The van der Waals surface area contributed by atoms with Gasteiger partial charge in [0.1, 0.15) is 18.3 Å². The molecule has 3 rings (SSSR count). The summed E-state index contributed by atoms with van der Waals surface area (Å²) in [6.07, 6.45) is 19.1. The summed E-state index contributed by atoms with van der Waals surface area (Å²) in [6, 6.07) is 1.58. The summed E-state index contributed by atoms with van der Waals surface area (Å²) >= 11 is 0. The van der Waals surface area contributed by atoms with Crippen molar-refractivity contribution in [2.45, 2.75) is 83.2 Å². The van der Waals surface area contributed by atoms with Gasteiger partial charge in [-0.3, -0.25) is 4.58 Å². The lowest BCUT2D eigenvalue weighted by molar-refractivity contribution is -0.562. The molecule has 2 nitrogen and oxygen atoms in total. The molecule has 0 bridgehead atoms. The van der Waals surface area contributed by atoms with Crippen LogP contribution in [0.4, 0.5) is 0 Å². The van der Waals surface area contributed by atoms with Crippen molar-refractivity contribution in [1.82, 2.24) is 4.90 Å². The van der Waals surface area contributed by atoms with Crippen molar-refractivity contribution in [2.75, 3.05) is 6.54 Å². The van der Waals surface area contributed by atoms with Gasteiger partial charge in [-0.05, 0) is 64.4 Å². The first-order valence-corrected chi connectivity index (χ1v) is 8.40. The summed E-state index contributed by atoms with van der Waals surface area (Å²) < 4.78 is 2.63. The maximum absolute atomic E-state index is 2.63. The van der Waals surface area contributed by atoms with Crippen LogP contribution in [0.1, 0.15) is 71.1 Å². The van der Waals surface area contributed by atoms with Gasteiger partial charge in [0, 0.05) is 0 Å². The average Bonchev–Trinajstić information content (AvgIpc) is 2.49. The molecular weight excluding hydrogens is 232 g/mol. The predicted molar refractivity (Wildman–Crippen MR) is 80.5 cm³/mol. The van der Waals surface area contributed by atoms with Crippen molar-refractivity contribution in [2.24, 2.45) is 0 Å². The highest BCUT2D eigenvalue weighted by atomic mass is 15.3. The van der Waals surface area contributed by atoms with Gasteiger partial charge in [-0.25, -0.2) is 4.90 Å². The van der Waals surface area contributed by atoms with Crippen molar-refractivity contribution in [1.29, 1.82) is 0 Å². The number of nitrogens with zero attached hydrogens (tertiary/aromatic N) is 2. The average molecular weight is 261 g/mol. The minimum atomic E-state index is 0.774. The zero-order valence-electron chi connectivity index (χ0n) is 12.5. The van der Waals surface area contributed by atoms with Crippen LogP contribution in [0.3, 0.4) is 0 Å². The fourth-order valence-corrected chi connectivity index (χ4v) is 4.04. The molecule has 0 N–H and O–H groups in total. The molecule has 0 unspecified atom stereocenters. The molecule has 19 heavy (non-hydrogen) atoms. The molecule has 2 saturated carbocycles. The van der Waals surface area contributed by atoms with E-state index in [4.69, 9.17) is 0 Å². The van der Waals surface area contributed by atoms with Gasteiger partial charge in [-0.15, -0.1) is 0 Å². The van der Waals surface area contributed by atoms with Crippen molar-refractivity contribution in [3.63, 3.8) is 0 Å². The molecule has 0 aromatic heterocycles. The van der Waals surface area contributed by atoms with Crippen LogP contribution in [0.25, 0.3) is 0 Å². The van der Waals surface area contributed by atoms with Gasteiger partial charge in [0.05, 0.1) is 6.04 Å². The fourth-order valence-electron chi connectivity index (χ4n) is 4.04. The first kappa shape index (κ1) is 13.2. The Hall–Kier alpha value is -0.790. The van der Waals surface area contributed by atoms with E-state index in [2.05, 4.69) is 28.8 Å². The Morgan fingerprint density at radius 3 is 2.26 bits per heavy atom. The van der Waals surface area contributed by atoms with Gasteiger partial charge in [-0.1, -0.05) is 12.8 Å². The van der Waals surface area contributed by atoms with Gasteiger partial charge in [0.15, 0.2) is 0 Å². The lowest BCUT2D eigenvalue weighted by Gasteiger charge is -2.32. The van der Waals surface area contributed by atoms with Gasteiger partial charge in [0.25, 0.3) is 0 Å². The molecule has 2 heteroatoms. The number of rotatable bonds is 2. The number of hydrogen-bond acceptors (Lipinski definition) is 1. The Morgan fingerprint density at radius 2 is 1.58 bits per heavy atom. The van der Waals surface area contributed by atoms with Crippen LogP contribution in [0, 0.1) is 0 Å². The van der Waals surface area contributed by atoms with Crippen molar-refractivity contribution < 1.29 is 4.58 Å². The molecule has 0 atom stereocenters. The number of allylic oxidation sites excluding steroid dienone is 1. The molecule has 0 saturated heterocycles. The van der Waals surface area contributed by atoms with E-state index in [-0.39, 0.29) is 0 Å². The highest BCUT2D eigenvalue weighted by Crippen LogP contribution is 2.27. The maximum Gasteiger partial charge on any atom is 0.239 e. The predicted octanol–water partition coefficient (Wildman–Crippen LogP) is 3.91. The van der Waals surface area contributed by atoms with Gasteiger partial charge >= 0.3 is 0 Å². The monoisotopic (exact) mass is 261 g/mol. The van der Waals surface area contributed by atoms with E-state index in [0.717, 1.165) is 18.6 Å². The summed E-state index contributed by atoms with van der Waals surface area (Å²) in [7, 11) is 0. The first-order valence-electron chi connectivity index (χ1n) is 8.40. The minimum absolute atomic E-state index is 0.774. The summed E-state index contributed by atoms with van der Waals surface area (Å²) in [5.74, 6) is 0. The van der Waals surface area contributed by atoms with Gasteiger partial charge in [0.2, 0.25) is 6.34 Å². The highest BCUT2D eigenvalue weighted by molar-refractivity contribution is 5.54. The minimum Gasteiger partial charge on any atom is -0.262 e. The molecule has 0 spiro atoms. The standard InChI is InChI=1S/C17H29N2/c1-15-12-13-18(16-8-4-2-5-9-16)14-19(15)17-10-6-3-7-11-17/h12,14,16-17H,2-11,13H2,1H3/q+1. The Labute approximate surface area is 118 Å². The normalized spacial score (nSPS) is 27.1. The largest absolute Gasteiger partial charge is 0.262 e. The lowest BCUT2D eigenvalue weighted by Crippen LogP contribution is -2.43. The number of hydrogen-bond donors (Lipinski definition) is 0. The van der Waals surface area contributed by atoms with E-state index in [9.17, 15) is 0 Å². The SMILES string of the molecule is CC1=CC[N+](C2CCCCC2)=CN1C1CCCCC1. The summed E-state index contributed by atoms with van der Waals surface area (Å²) in [6.45, 7) is 3.43. The molecule has 106 valence electrons. The van der Waals surface area contributed by atoms with Crippen molar-refractivity contribution in [3.05, 3.63) is 11.8 Å². The summed E-state index contributed by atoms with van der Waals surface area (Å²) in [5, 5.41) is 0. The zero-order chi connectivity index (χ0) is 13.1. The summed E-state index contributed by atoms with van der Waals surface area (Å²) in [5.41, 5.74) is 1.49. The van der Waals surface area contributed by atoms with Crippen LogP contribution in [-0.4, -0.2) is 34.4 Å². The molecule has 3 aliphatic rings. The Bertz CT molecular complexity index is 357. The zero-order valence-corrected chi connectivity index (χ0v) is 12.5. The third-order valence-electron chi connectivity index (χ3n) is 5.29. The molecule has 1 aliphatic heterocycles. The van der Waals surface area contributed by atoms with Crippen molar-refractivity contribution in [3.8, 4) is 0 Å². The summed E-state index contributed by atoms with van der Waals surface area (Å²) in [4.78, 5) is 2.59.